The van der Waals surface area contributed by atoms with Gasteiger partial charge < -0.3 is 16.0 Å². The summed E-state index contributed by atoms with van der Waals surface area (Å²) in [4.78, 5) is 16.5. The zero-order valence-corrected chi connectivity index (χ0v) is 20.9. The van der Waals surface area contributed by atoms with E-state index < -0.39 is 5.41 Å². The van der Waals surface area contributed by atoms with Crippen molar-refractivity contribution in [3.05, 3.63) is 59.7 Å². The number of hydrogen-bond acceptors (Lipinski definition) is 3. The van der Waals surface area contributed by atoms with E-state index in [0.29, 0.717) is 24.9 Å². The summed E-state index contributed by atoms with van der Waals surface area (Å²) in [6, 6.07) is 17.8. The minimum atomic E-state index is -0.406. The van der Waals surface area contributed by atoms with Gasteiger partial charge in [0.15, 0.2) is 0 Å². The molecular formula is C30H41N3O. The summed E-state index contributed by atoms with van der Waals surface area (Å²) in [5.41, 5.74) is 10.9. The number of carbonyl (C=O) groups is 1. The molecule has 1 aliphatic carbocycles. The molecule has 1 spiro atoms. The van der Waals surface area contributed by atoms with Crippen LogP contribution in [0.25, 0.3) is 11.1 Å². The second-order valence-electron chi connectivity index (χ2n) is 11.2. The first-order valence-electron chi connectivity index (χ1n) is 13.5. The lowest BCUT2D eigenvalue weighted by Gasteiger charge is -2.52. The molecular weight excluding hydrogens is 418 g/mol. The van der Waals surface area contributed by atoms with Crippen LogP contribution in [0.3, 0.4) is 0 Å². The molecule has 2 fully saturated rings. The molecule has 3 aliphatic rings. The maximum Gasteiger partial charge on any atom is 0.233 e. The molecule has 2 aliphatic heterocycles. The number of nitrogens with zero attached hydrogens (tertiary/aromatic N) is 1. The molecule has 2 aromatic carbocycles. The van der Waals surface area contributed by atoms with E-state index in [1.54, 1.807) is 0 Å². The first kappa shape index (κ1) is 23.6. The predicted octanol–water partition coefficient (Wildman–Crippen LogP) is 5.28. The molecule has 1 atom stereocenters. The van der Waals surface area contributed by atoms with Gasteiger partial charge in [-0.15, -0.1) is 0 Å². The summed E-state index contributed by atoms with van der Waals surface area (Å²) < 4.78 is 0. The number of rotatable bonds is 5. The molecule has 4 nitrogen and oxygen atoms in total. The van der Waals surface area contributed by atoms with Gasteiger partial charge in [0.25, 0.3) is 0 Å². The maximum absolute atomic E-state index is 14.3. The molecule has 2 aromatic rings. The molecule has 2 heterocycles. The highest BCUT2D eigenvalue weighted by atomic mass is 16.2. The SMILES string of the molecule is CC(C)[C@H]1CC[C@@H](C2c3cc(-c4ccccc4)ccc3C3(CCNCC3)C(=O)N2CCN)CC1. The molecule has 1 amide bonds. The van der Waals surface area contributed by atoms with Crippen LogP contribution in [0.15, 0.2) is 48.5 Å². The van der Waals surface area contributed by atoms with Crippen molar-refractivity contribution < 1.29 is 4.79 Å². The summed E-state index contributed by atoms with van der Waals surface area (Å²) in [5.74, 6) is 2.39. The van der Waals surface area contributed by atoms with Crippen molar-refractivity contribution in [3.63, 3.8) is 0 Å². The number of benzene rings is 2. The van der Waals surface area contributed by atoms with Gasteiger partial charge in [-0.25, -0.2) is 0 Å². The maximum atomic E-state index is 14.3. The highest BCUT2D eigenvalue weighted by molar-refractivity contribution is 5.92. The summed E-state index contributed by atoms with van der Waals surface area (Å²) in [5, 5.41) is 3.49. The number of nitrogens with one attached hydrogen (secondary N) is 1. The molecule has 0 aromatic heterocycles. The van der Waals surface area contributed by atoms with Crippen LogP contribution in [0.1, 0.15) is 69.5 Å². The molecule has 0 bridgehead atoms. The Morgan fingerprint density at radius 2 is 1.71 bits per heavy atom. The van der Waals surface area contributed by atoms with Gasteiger partial charge >= 0.3 is 0 Å². The van der Waals surface area contributed by atoms with Crippen molar-refractivity contribution in [1.82, 2.24) is 10.2 Å². The van der Waals surface area contributed by atoms with Crippen LogP contribution in [0.5, 0.6) is 0 Å². The number of amides is 1. The first-order valence-corrected chi connectivity index (χ1v) is 13.5. The first-order chi connectivity index (χ1) is 16.5. The molecule has 5 rings (SSSR count). The Bertz CT molecular complexity index is 987. The molecule has 4 heteroatoms. The lowest BCUT2D eigenvalue weighted by molar-refractivity contribution is -0.145. The standard InChI is InChI=1S/C30H41N3O/c1-21(2)22-8-10-24(11-9-22)28-26-20-25(23-6-4-3-5-7-23)12-13-27(26)30(14-17-32-18-15-30)29(34)33(28)19-16-31/h3-7,12-13,20-22,24,28,32H,8-11,14-19,31H2,1-2H3/t22-,24+,28?. The average Bonchev–Trinajstić information content (AvgIpc) is 2.88. The van der Waals surface area contributed by atoms with Gasteiger partial charge in [-0.3, -0.25) is 4.79 Å². The van der Waals surface area contributed by atoms with E-state index in [0.717, 1.165) is 37.8 Å². The van der Waals surface area contributed by atoms with Crippen LogP contribution in [-0.2, 0) is 10.2 Å². The van der Waals surface area contributed by atoms with Crippen LogP contribution in [0.2, 0.25) is 0 Å². The molecule has 182 valence electrons. The Morgan fingerprint density at radius 1 is 1.00 bits per heavy atom. The Labute approximate surface area is 205 Å². The van der Waals surface area contributed by atoms with Crippen molar-refractivity contribution in [3.8, 4) is 11.1 Å². The van der Waals surface area contributed by atoms with Gasteiger partial charge in [-0.05, 0) is 97.7 Å². The van der Waals surface area contributed by atoms with Gasteiger partial charge in [0.05, 0.1) is 11.5 Å². The lowest BCUT2D eigenvalue weighted by atomic mass is 9.63. The van der Waals surface area contributed by atoms with Crippen LogP contribution in [-0.4, -0.2) is 37.0 Å². The van der Waals surface area contributed by atoms with E-state index >= 15 is 0 Å². The Hall–Kier alpha value is -2.17. The summed E-state index contributed by atoms with van der Waals surface area (Å²) in [6.45, 7) is 7.68. The van der Waals surface area contributed by atoms with Crippen molar-refractivity contribution in [2.45, 2.75) is 63.8 Å². The highest BCUT2D eigenvalue weighted by Crippen LogP contribution is 2.51. The van der Waals surface area contributed by atoms with Gasteiger partial charge in [0, 0.05) is 13.1 Å². The minimum Gasteiger partial charge on any atom is -0.333 e. The fourth-order valence-electron chi connectivity index (χ4n) is 7.09. The smallest absolute Gasteiger partial charge is 0.233 e. The van der Waals surface area contributed by atoms with Crippen LogP contribution < -0.4 is 11.1 Å². The van der Waals surface area contributed by atoms with E-state index in [1.807, 2.05) is 0 Å². The molecule has 1 unspecified atom stereocenters. The Kier molecular flexibility index (Phi) is 6.81. The molecule has 3 N–H and O–H groups in total. The highest BCUT2D eigenvalue weighted by Gasteiger charge is 2.52. The third-order valence-corrected chi connectivity index (χ3v) is 9.03. The van der Waals surface area contributed by atoms with E-state index in [4.69, 9.17) is 5.73 Å². The zero-order valence-electron chi connectivity index (χ0n) is 20.9. The van der Waals surface area contributed by atoms with Crippen molar-refractivity contribution >= 4 is 5.91 Å². The van der Waals surface area contributed by atoms with Gasteiger partial charge in [0.2, 0.25) is 5.91 Å². The minimum absolute atomic E-state index is 0.142. The van der Waals surface area contributed by atoms with E-state index in [9.17, 15) is 4.79 Å². The second kappa shape index (κ2) is 9.83. The van der Waals surface area contributed by atoms with E-state index in [1.165, 1.54) is 47.9 Å². The number of hydrogen-bond donors (Lipinski definition) is 2. The van der Waals surface area contributed by atoms with Crippen LogP contribution in [0, 0.1) is 17.8 Å². The molecule has 1 saturated carbocycles. The summed E-state index contributed by atoms with van der Waals surface area (Å²) in [6.07, 6.45) is 6.68. The Balaban J connectivity index is 1.62. The zero-order chi connectivity index (χ0) is 23.7. The van der Waals surface area contributed by atoms with Gasteiger partial charge in [0.1, 0.15) is 0 Å². The van der Waals surface area contributed by atoms with Gasteiger partial charge in [-0.2, -0.15) is 0 Å². The van der Waals surface area contributed by atoms with Crippen molar-refractivity contribution in [2.75, 3.05) is 26.2 Å². The Morgan fingerprint density at radius 3 is 2.35 bits per heavy atom. The molecule has 0 radical (unpaired) electrons. The largest absolute Gasteiger partial charge is 0.333 e. The van der Waals surface area contributed by atoms with Crippen LogP contribution >= 0.6 is 0 Å². The normalized spacial score (nSPS) is 26.6. The fourth-order valence-corrected chi connectivity index (χ4v) is 7.09. The van der Waals surface area contributed by atoms with E-state index in [-0.39, 0.29) is 6.04 Å². The van der Waals surface area contributed by atoms with Crippen molar-refractivity contribution in [1.29, 1.82) is 0 Å². The third-order valence-electron chi connectivity index (χ3n) is 9.03. The van der Waals surface area contributed by atoms with Gasteiger partial charge in [-0.1, -0.05) is 56.3 Å². The molecule has 34 heavy (non-hydrogen) atoms. The number of piperidine rings is 1. The summed E-state index contributed by atoms with van der Waals surface area (Å²) >= 11 is 0. The van der Waals surface area contributed by atoms with Crippen molar-refractivity contribution in [2.24, 2.45) is 23.5 Å². The quantitative estimate of drug-likeness (QED) is 0.640. The third kappa shape index (κ3) is 4.09. The monoisotopic (exact) mass is 459 g/mol. The predicted molar refractivity (Wildman–Crippen MR) is 139 cm³/mol. The average molecular weight is 460 g/mol. The molecule has 1 saturated heterocycles. The number of fused-ring (bicyclic) bond motifs is 2. The lowest BCUT2D eigenvalue weighted by Crippen LogP contribution is -2.58. The number of nitrogens with two attached hydrogens (primary N) is 1. The topological polar surface area (TPSA) is 58.4 Å². The summed E-state index contributed by atoms with van der Waals surface area (Å²) in [7, 11) is 0. The number of carbonyl (C=O) groups excluding carboxylic acids is 1. The van der Waals surface area contributed by atoms with Crippen LogP contribution in [0.4, 0.5) is 0 Å². The fraction of sp³-hybridized carbons (Fsp3) is 0.567. The van der Waals surface area contributed by atoms with E-state index in [2.05, 4.69) is 72.6 Å². The second-order valence-corrected chi connectivity index (χ2v) is 11.2.